The molecule has 1 aromatic carbocycles. The van der Waals surface area contributed by atoms with Gasteiger partial charge in [0, 0.05) is 12.7 Å². The van der Waals surface area contributed by atoms with E-state index in [-0.39, 0.29) is 6.03 Å². The summed E-state index contributed by atoms with van der Waals surface area (Å²) in [5.41, 5.74) is 0. The number of anilines is 1. The second-order valence-corrected chi connectivity index (χ2v) is 4.11. The van der Waals surface area contributed by atoms with E-state index in [4.69, 9.17) is 4.74 Å². The SMILES string of the molecule is O=C(NCCCOc1ccccc1)Nc1ccccn1. The highest BCUT2D eigenvalue weighted by Gasteiger charge is 2.00. The summed E-state index contributed by atoms with van der Waals surface area (Å²) in [4.78, 5) is 15.5. The van der Waals surface area contributed by atoms with E-state index in [0.29, 0.717) is 19.0 Å². The Kier molecular flexibility index (Phi) is 5.39. The maximum atomic E-state index is 11.5. The Morgan fingerprint density at radius 2 is 1.90 bits per heavy atom. The zero-order valence-corrected chi connectivity index (χ0v) is 11.1. The van der Waals surface area contributed by atoms with E-state index >= 15 is 0 Å². The second-order valence-electron chi connectivity index (χ2n) is 4.11. The molecule has 0 saturated carbocycles. The molecule has 20 heavy (non-hydrogen) atoms. The number of benzene rings is 1. The molecule has 0 atom stereocenters. The minimum absolute atomic E-state index is 0.261. The van der Waals surface area contributed by atoms with E-state index in [2.05, 4.69) is 15.6 Å². The van der Waals surface area contributed by atoms with Crippen LogP contribution in [0.1, 0.15) is 6.42 Å². The summed E-state index contributed by atoms with van der Waals surface area (Å²) in [6.07, 6.45) is 2.37. The van der Waals surface area contributed by atoms with Crippen molar-refractivity contribution in [3.8, 4) is 5.75 Å². The highest BCUT2D eigenvalue weighted by molar-refractivity contribution is 5.88. The first-order valence-corrected chi connectivity index (χ1v) is 6.48. The number of aromatic nitrogens is 1. The maximum absolute atomic E-state index is 11.5. The zero-order valence-electron chi connectivity index (χ0n) is 11.1. The molecule has 2 N–H and O–H groups in total. The number of ether oxygens (including phenoxy) is 1. The Labute approximate surface area is 118 Å². The predicted octanol–water partition coefficient (Wildman–Crippen LogP) is 2.67. The maximum Gasteiger partial charge on any atom is 0.320 e. The fourth-order valence-corrected chi connectivity index (χ4v) is 1.58. The van der Waals surface area contributed by atoms with Crippen molar-refractivity contribution in [1.82, 2.24) is 10.3 Å². The number of hydrogen-bond donors (Lipinski definition) is 2. The number of rotatable bonds is 6. The van der Waals surface area contributed by atoms with Crippen molar-refractivity contribution in [2.24, 2.45) is 0 Å². The van der Waals surface area contributed by atoms with Crippen LogP contribution in [0.5, 0.6) is 5.75 Å². The average molecular weight is 271 g/mol. The normalized spacial score (nSPS) is 9.80. The number of carbonyl (C=O) groups is 1. The molecule has 0 aliphatic carbocycles. The molecule has 2 rings (SSSR count). The first-order chi connectivity index (χ1) is 9.84. The van der Waals surface area contributed by atoms with Gasteiger partial charge in [-0.25, -0.2) is 9.78 Å². The Morgan fingerprint density at radius 3 is 2.65 bits per heavy atom. The van der Waals surface area contributed by atoms with Gasteiger partial charge >= 0.3 is 6.03 Å². The van der Waals surface area contributed by atoms with Crippen molar-refractivity contribution in [2.45, 2.75) is 6.42 Å². The lowest BCUT2D eigenvalue weighted by molar-refractivity contribution is 0.250. The molecule has 1 aromatic heterocycles. The van der Waals surface area contributed by atoms with E-state index in [1.807, 2.05) is 36.4 Å². The highest BCUT2D eigenvalue weighted by atomic mass is 16.5. The van der Waals surface area contributed by atoms with E-state index in [0.717, 1.165) is 12.2 Å². The predicted molar refractivity (Wildman–Crippen MR) is 77.8 cm³/mol. The molecule has 0 aliphatic heterocycles. The topological polar surface area (TPSA) is 63.2 Å². The van der Waals surface area contributed by atoms with Crippen LogP contribution >= 0.6 is 0 Å². The van der Waals surface area contributed by atoms with Crippen LogP contribution < -0.4 is 15.4 Å². The molecule has 0 unspecified atom stereocenters. The average Bonchev–Trinajstić information content (AvgIpc) is 2.49. The molecular formula is C15H17N3O2. The van der Waals surface area contributed by atoms with Crippen LogP contribution in [-0.4, -0.2) is 24.2 Å². The van der Waals surface area contributed by atoms with Gasteiger partial charge in [-0.2, -0.15) is 0 Å². The van der Waals surface area contributed by atoms with Crippen molar-refractivity contribution in [2.75, 3.05) is 18.5 Å². The molecule has 2 amide bonds. The first kappa shape index (κ1) is 13.9. The molecule has 0 spiro atoms. The van der Waals surface area contributed by atoms with Crippen LogP contribution in [0, 0.1) is 0 Å². The Morgan fingerprint density at radius 1 is 1.10 bits per heavy atom. The lowest BCUT2D eigenvalue weighted by atomic mass is 10.3. The molecule has 5 heteroatoms. The number of pyridine rings is 1. The third-order valence-electron chi connectivity index (χ3n) is 2.53. The Balaban J connectivity index is 1.58. The molecule has 0 radical (unpaired) electrons. The summed E-state index contributed by atoms with van der Waals surface area (Å²) >= 11 is 0. The van der Waals surface area contributed by atoms with Crippen LogP contribution in [0.3, 0.4) is 0 Å². The van der Waals surface area contributed by atoms with E-state index in [1.54, 1.807) is 18.3 Å². The number of para-hydroxylation sites is 1. The summed E-state index contributed by atoms with van der Waals surface area (Å²) in [6.45, 7) is 1.11. The molecule has 5 nitrogen and oxygen atoms in total. The van der Waals surface area contributed by atoms with Gasteiger partial charge < -0.3 is 10.1 Å². The van der Waals surface area contributed by atoms with Crippen molar-refractivity contribution in [3.63, 3.8) is 0 Å². The third kappa shape index (κ3) is 4.97. The molecular weight excluding hydrogens is 254 g/mol. The molecule has 1 heterocycles. The minimum atomic E-state index is -0.261. The monoisotopic (exact) mass is 271 g/mol. The van der Waals surface area contributed by atoms with E-state index in [1.165, 1.54) is 0 Å². The van der Waals surface area contributed by atoms with Crippen LogP contribution in [0.15, 0.2) is 54.7 Å². The molecule has 2 aromatic rings. The van der Waals surface area contributed by atoms with Gasteiger partial charge in [-0.3, -0.25) is 5.32 Å². The smallest absolute Gasteiger partial charge is 0.320 e. The van der Waals surface area contributed by atoms with Crippen LogP contribution in [0.25, 0.3) is 0 Å². The quantitative estimate of drug-likeness (QED) is 0.794. The van der Waals surface area contributed by atoms with Gasteiger partial charge in [-0.15, -0.1) is 0 Å². The number of carbonyl (C=O) groups excluding carboxylic acids is 1. The largest absolute Gasteiger partial charge is 0.494 e. The minimum Gasteiger partial charge on any atom is -0.494 e. The molecule has 0 fully saturated rings. The van der Waals surface area contributed by atoms with Gasteiger partial charge in [0.25, 0.3) is 0 Å². The van der Waals surface area contributed by atoms with E-state index in [9.17, 15) is 4.79 Å². The number of urea groups is 1. The van der Waals surface area contributed by atoms with Gasteiger partial charge in [0.2, 0.25) is 0 Å². The van der Waals surface area contributed by atoms with Gasteiger partial charge in [0.1, 0.15) is 11.6 Å². The summed E-state index contributed by atoms with van der Waals surface area (Å²) in [5.74, 6) is 1.37. The van der Waals surface area contributed by atoms with Gasteiger partial charge in [0.15, 0.2) is 0 Å². The number of nitrogens with one attached hydrogen (secondary N) is 2. The second kappa shape index (κ2) is 7.78. The summed E-state index contributed by atoms with van der Waals surface area (Å²) < 4.78 is 5.52. The summed E-state index contributed by atoms with van der Waals surface area (Å²) in [5, 5.41) is 5.40. The summed E-state index contributed by atoms with van der Waals surface area (Å²) in [7, 11) is 0. The Bertz CT molecular complexity index is 517. The molecule has 104 valence electrons. The molecule has 0 aliphatic rings. The van der Waals surface area contributed by atoms with Gasteiger partial charge in [-0.05, 0) is 30.7 Å². The fourth-order valence-electron chi connectivity index (χ4n) is 1.58. The van der Waals surface area contributed by atoms with Crippen molar-refractivity contribution in [3.05, 3.63) is 54.7 Å². The third-order valence-corrected chi connectivity index (χ3v) is 2.53. The van der Waals surface area contributed by atoms with Crippen molar-refractivity contribution < 1.29 is 9.53 Å². The lowest BCUT2D eigenvalue weighted by Crippen LogP contribution is -2.30. The van der Waals surface area contributed by atoms with Gasteiger partial charge in [-0.1, -0.05) is 24.3 Å². The molecule has 0 saturated heterocycles. The first-order valence-electron chi connectivity index (χ1n) is 6.48. The Hall–Kier alpha value is -2.56. The van der Waals surface area contributed by atoms with Gasteiger partial charge in [0.05, 0.1) is 6.61 Å². The molecule has 0 bridgehead atoms. The highest BCUT2D eigenvalue weighted by Crippen LogP contribution is 2.08. The summed E-state index contributed by atoms with van der Waals surface area (Å²) in [6, 6.07) is 14.7. The fraction of sp³-hybridized carbons (Fsp3) is 0.200. The van der Waals surface area contributed by atoms with Crippen LogP contribution in [0.4, 0.5) is 10.6 Å². The van der Waals surface area contributed by atoms with Crippen molar-refractivity contribution in [1.29, 1.82) is 0 Å². The number of hydrogen-bond acceptors (Lipinski definition) is 3. The number of amides is 2. The lowest BCUT2D eigenvalue weighted by Gasteiger charge is -2.08. The zero-order chi connectivity index (χ0) is 14.0. The van der Waals surface area contributed by atoms with Crippen molar-refractivity contribution >= 4 is 11.8 Å². The van der Waals surface area contributed by atoms with Crippen LogP contribution in [0.2, 0.25) is 0 Å². The standard InChI is InChI=1S/C15H17N3O2/c19-15(18-14-9-4-5-10-16-14)17-11-6-12-20-13-7-2-1-3-8-13/h1-5,7-10H,6,11-12H2,(H2,16,17,18,19). The van der Waals surface area contributed by atoms with Crippen LogP contribution in [-0.2, 0) is 0 Å². The van der Waals surface area contributed by atoms with E-state index < -0.39 is 0 Å². The number of nitrogens with zero attached hydrogens (tertiary/aromatic N) is 1.